The molecule has 1 atom stereocenters. The van der Waals surface area contributed by atoms with Gasteiger partial charge >= 0.3 is 5.97 Å². The fourth-order valence-corrected chi connectivity index (χ4v) is 1.98. The van der Waals surface area contributed by atoms with Crippen LogP contribution >= 0.6 is 11.6 Å². The molecule has 22 heavy (non-hydrogen) atoms. The number of hydrogen-bond donors (Lipinski definition) is 1. The van der Waals surface area contributed by atoms with Gasteiger partial charge in [-0.05, 0) is 37.1 Å². The first kappa shape index (κ1) is 18.2. The lowest BCUT2D eigenvalue weighted by Crippen LogP contribution is -2.35. The van der Waals surface area contributed by atoms with Crippen molar-refractivity contribution >= 4 is 29.6 Å². The Morgan fingerprint density at radius 2 is 2.18 bits per heavy atom. The van der Waals surface area contributed by atoms with Crippen molar-refractivity contribution in [1.29, 1.82) is 0 Å². The summed E-state index contributed by atoms with van der Waals surface area (Å²) in [4.78, 5) is 23.0. The molecule has 4 nitrogen and oxygen atoms in total. The third-order valence-corrected chi connectivity index (χ3v) is 3.12. The number of benzene rings is 1. The number of nitrogens with one attached hydrogen (secondary N) is 1. The lowest BCUT2D eigenvalue weighted by molar-refractivity contribution is -0.144. The highest BCUT2D eigenvalue weighted by molar-refractivity contribution is 6.30. The second-order valence-electron chi connectivity index (χ2n) is 4.87. The van der Waals surface area contributed by atoms with Gasteiger partial charge in [0.25, 0.3) is 5.91 Å². The number of rotatable bonds is 7. The molecule has 1 rings (SSSR count). The molecule has 1 amide bonds. The van der Waals surface area contributed by atoms with E-state index in [0.29, 0.717) is 5.56 Å². The molecule has 0 saturated heterocycles. The Kier molecular flexibility index (Phi) is 7.60. The first-order valence-electron chi connectivity index (χ1n) is 7.01. The molecule has 1 aromatic carbocycles. The maximum atomic E-state index is 13.0. The number of carbonyl (C=O) groups is 2. The van der Waals surface area contributed by atoms with Gasteiger partial charge in [0, 0.05) is 12.1 Å². The van der Waals surface area contributed by atoms with Crippen LogP contribution in [0.1, 0.15) is 32.3 Å². The van der Waals surface area contributed by atoms with E-state index in [1.807, 2.05) is 13.8 Å². The summed E-state index contributed by atoms with van der Waals surface area (Å²) in [6.45, 7) is 3.58. The maximum Gasteiger partial charge on any atom is 0.331 e. The third kappa shape index (κ3) is 6.72. The zero-order valence-corrected chi connectivity index (χ0v) is 13.3. The monoisotopic (exact) mass is 327 g/mol. The predicted octanol–water partition coefficient (Wildman–Crippen LogP) is 3.34. The van der Waals surface area contributed by atoms with E-state index in [0.717, 1.165) is 18.9 Å². The Hall–Kier alpha value is -1.88. The summed E-state index contributed by atoms with van der Waals surface area (Å²) in [5.74, 6) is -1.52. The predicted molar refractivity (Wildman–Crippen MR) is 83.9 cm³/mol. The fraction of sp³-hybridized carbons (Fsp3) is 0.375. The summed E-state index contributed by atoms with van der Waals surface area (Å²) < 4.78 is 17.8. The van der Waals surface area contributed by atoms with E-state index >= 15 is 0 Å². The standard InChI is InChI=1S/C16H19ClFNO3/c1-3-4-11(2)19-15(20)10-22-16(21)8-6-12-5-7-14(18)13(17)9-12/h5-9,11H,3-4,10H2,1-2H3,(H,19,20)/b8-6+/t11-/m1/s1. The Labute approximate surface area is 134 Å². The smallest absolute Gasteiger partial charge is 0.331 e. The minimum atomic E-state index is -0.654. The van der Waals surface area contributed by atoms with Crippen molar-refractivity contribution in [3.05, 3.63) is 40.7 Å². The summed E-state index contributed by atoms with van der Waals surface area (Å²) in [5.41, 5.74) is 0.560. The van der Waals surface area contributed by atoms with Crippen LogP contribution in [0.5, 0.6) is 0 Å². The van der Waals surface area contributed by atoms with Crippen LogP contribution in [0, 0.1) is 5.82 Å². The molecule has 0 fully saturated rings. The van der Waals surface area contributed by atoms with Gasteiger partial charge in [0.2, 0.25) is 0 Å². The topological polar surface area (TPSA) is 55.4 Å². The number of halogens is 2. The number of esters is 1. The van der Waals surface area contributed by atoms with E-state index in [9.17, 15) is 14.0 Å². The summed E-state index contributed by atoms with van der Waals surface area (Å²) in [6.07, 6.45) is 4.42. The Bertz CT molecular complexity index is 560. The summed E-state index contributed by atoms with van der Waals surface area (Å²) >= 11 is 5.63. The van der Waals surface area contributed by atoms with Crippen LogP contribution in [0.2, 0.25) is 5.02 Å². The number of ether oxygens (including phenoxy) is 1. The van der Waals surface area contributed by atoms with Gasteiger partial charge in [-0.15, -0.1) is 0 Å². The zero-order valence-electron chi connectivity index (χ0n) is 12.6. The van der Waals surface area contributed by atoms with E-state index in [-0.39, 0.29) is 23.6 Å². The Morgan fingerprint density at radius 3 is 2.82 bits per heavy atom. The lowest BCUT2D eigenvalue weighted by atomic mass is 10.2. The first-order chi connectivity index (χ1) is 10.4. The van der Waals surface area contributed by atoms with Crippen molar-refractivity contribution < 1.29 is 18.7 Å². The summed E-state index contributed by atoms with van der Waals surface area (Å²) in [7, 11) is 0. The van der Waals surface area contributed by atoms with Crippen molar-refractivity contribution in [1.82, 2.24) is 5.32 Å². The van der Waals surface area contributed by atoms with Crippen LogP contribution in [0.15, 0.2) is 24.3 Å². The molecule has 0 aromatic heterocycles. The van der Waals surface area contributed by atoms with Crippen molar-refractivity contribution in [2.24, 2.45) is 0 Å². The molecule has 0 saturated carbocycles. The molecule has 0 spiro atoms. The molecular weight excluding hydrogens is 309 g/mol. The number of hydrogen-bond acceptors (Lipinski definition) is 3. The molecule has 0 bridgehead atoms. The Morgan fingerprint density at radius 1 is 1.45 bits per heavy atom. The van der Waals surface area contributed by atoms with Crippen LogP contribution in [-0.4, -0.2) is 24.5 Å². The highest BCUT2D eigenvalue weighted by Crippen LogP contribution is 2.16. The molecule has 0 aliphatic heterocycles. The minimum absolute atomic E-state index is 0.0280. The third-order valence-electron chi connectivity index (χ3n) is 2.83. The quantitative estimate of drug-likeness (QED) is 0.617. The number of carbonyl (C=O) groups excluding carboxylic acids is 2. The van der Waals surface area contributed by atoms with Gasteiger partial charge in [0.1, 0.15) is 5.82 Å². The minimum Gasteiger partial charge on any atom is -0.452 e. The highest BCUT2D eigenvalue weighted by Gasteiger charge is 2.08. The second kappa shape index (κ2) is 9.20. The van der Waals surface area contributed by atoms with Crippen molar-refractivity contribution in [3.8, 4) is 0 Å². The van der Waals surface area contributed by atoms with Gasteiger partial charge < -0.3 is 10.1 Å². The lowest BCUT2D eigenvalue weighted by Gasteiger charge is -2.12. The molecule has 0 aliphatic rings. The number of amides is 1. The molecule has 6 heteroatoms. The molecule has 0 radical (unpaired) electrons. The molecule has 0 unspecified atom stereocenters. The second-order valence-corrected chi connectivity index (χ2v) is 5.28. The van der Waals surface area contributed by atoms with Crippen LogP contribution in [0.25, 0.3) is 6.08 Å². The normalized spacial score (nSPS) is 12.2. The Balaban J connectivity index is 2.41. The highest BCUT2D eigenvalue weighted by atomic mass is 35.5. The van der Waals surface area contributed by atoms with E-state index in [1.54, 1.807) is 0 Å². The van der Waals surface area contributed by atoms with Crippen molar-refractivity contribution in [2.45, 2.75) is 32.7 Å². The largest absolute Gasteiger partial charge is 0.452 e. The van der Waals surface area contributed by atoms with Crippen LogP contribution in [0.4, 0.5) is 4.39 Å². The maximum absolute atomic E-state index is 13.0. The average molecular weight is 328 g/mol. The molecule has 0 aliphatic carbocycles. The van der Waals surface area contributed by atoms with Gasteiger partial charge in [-0.1, -0.05) is 31.0 Å². The van der Waals surface area contributed by atoms with Crippen LogP contribution in [0.3, 0.4) is 0 Å². The van der Waals surface area contributed by atoms with Crippen LogP contribution < -0.4 is 5.32 Å². The van der Waals surface area contributed by atoms with E-state index in [4.69, 9.17) is 16.3 Å². The first-order valence-corrected chi connectivity index (χ1v) is 7.39. The van der Waals surface area contributed by atoms with E-state index < -0.39 is 11.8 Å². The van der Waals surface area contributed by atoms with Gasteiger partial charge in [-0.3, -0.25) is 4.79 Å². The molecule has 120 valence electrons. The SMILES string of the molecule is CCC[C@@H](C)NC(=O)COC(=O)/C=C/c1ccc(F)c(Cl)c1. The van der Waals surface area contributed by atoms with Crippen molar-refractivity contribution in [2.75, 3.05) is 6.61 Å². The van der Waals surface area contributed by atoms with Crippen LogP contribution in [-0.2, 0) is 14.3 Å². The summed E-state index contributed by atoms with van der Waals surface area (Å²) in [5, 5.41) is 2.70. The molecule has 0 heterocycles. The van der Waals surface area contributed by atoms with Gasteiger partial charge in [0.15, 0.2) is 6.61 Å². The molecule has 1 N–H and O–H groups in total. The van der Waals surface area contributed by atoms with E-state index in [1.165, 1.54) is 24.3 Å². The van der Waals surface area contributed by atoms with E-state index in [2.05, 4.69) is 5.32 Å². The van der Waals surface area contributed by atoms with Gasteiger partial charge in [-0.2, -0.15) is 0 Å². The summed E-state index contributed by atoms with van der Waals surface area (Å²) in [6, 6.07) is 4.12. The average Bonchev–Trinajstić information content (AvgIpc) is 2.46. The van der Waals surface area contributed by atoms with Crippen molar-refractivity contribution in [3.63, 3.8) is 0 Å². The van der Waals surface area contributed by atoms with Gasteiger partial charge in [-0.25, -0.2) is 9.18 Å². The van der Waals surface area contributed by atoms with Gasteiger partial charge in [0.05, 0.1) is 5.02 Å². The molecule has 1 aromatic rings. The zero-order chi connectivity index (χ0) is 16.5. The molecular formula is C16H19ClFNO3. The fourth-order valence-electron chi connectivity index (χ4n) is 1.79.